The highest BCUT2D eigenvalue weighted by atomic mass is 32.2. The summed E-state index contributed by atoms with van der Waals surface area (Å²) in [4.78, 5) is 25.2. The molecule has 0 bridgehead atoms. The minimum Gasteiger partial charge on any atom is -0.368 e. The number of alkyl halides is 1. The second-order valence-corrected chi connectivity index (χ2v) is 8.20. The predicted molar refractivity (Wildman–Crippen MR) is 112 cm³/mol. The van der Waals surface area contributed by atoms with Crippen molar-refractivity contribution in [1.82, 2.24) is 20.2 Å². The quantitative estimate of drug-likeness (QED) is 0.422. The number of hydrogen-bond donors (Lipinski definition) is 1. The summed E-state index contributed by atoms with van der Waals surface area (Å²) in [6.45, 7) is 0.340. The summed E-state index contributed by atoms with van der Waals surface area (Å²) in [5, 5.41) is 24.6. The zero-order valence-corrected chi connectivity index (χ0v) is 17.9. The third-order valence-electron chi connectivity index (χ3n) is 4.96. The molecule has 1 N–H and O–H groups in total. The van der Waals surface area contributed by atoms with Gasteiger partial charge in [-0.25, -0.2) is 17.9 Å². The second kappa shape index (κ2) is 9.05. The molecule has 1 atom stereocenters. The molecular formula is C19H16F3N7O3S. The fraction of sp³-hybridized carbons (Fsp3) is 0.263. The van der Waals surface area contributed by atoms with E-state index < -0.39 is 34.3 Å². The highest BCUT2D eigenvalue weighted by Gasteiger charge is 2.25. The number of hydrogen-bond acceptors (Lipinski definition) is 8. The molecule has 0 unspecified atom stereocenters. The molecule has 1 saturated heterocycles. The van der Waals surface area contributed by atoms with E-state index in [9.17, 15) is 28.1 Å². The van der Waals surface area contributed by atoms with Crippen LogP contribution in [0.3, 0.4) is 0 Å². The molecule has 1 aromatic heterocycles. The van der Waals surface area contributed by atoms with Gasteiger partial charge in [-0.2, -0.15) is 0 Å². The highest BCUT2D eigenvalue weighted by molar-refractivity contribution is 7.99. The largest absolute Gasteiger partial charge is 0.368 e. The number of rotatable bonds is 6. The molecule has 0 radical (unpaired) electrons. The Morgan fingerprint density at radius 1 is 1.27 bits per heavy atom. The Morgan fingerprint density at radius 3 is 2.58 bits per heavy atom. The van der Waals surface area contributed by atoms with E-state index in [4.69, 9.17) is 0 Å². The van der Waals surface area contributed by atoms with E-state index in [1.54, 1.807) is 7.05 Å². The maximum absolute atomic E-state index is 14.7. The van der Waals surface area contributed by atoms with Crippen molar-refractivity contribution >= 4 is 34.7 Å². The number of carbonyl (C=O) groups excluding carboxylic acids is 1. The van der Waals surface area contributed by atoms with Crippen LogP contribution in [-0.2, 0) is 7.05 Å². The van der Waals surface area contributed by atoms with Crippen molar-refractivity contribution in [2.75, 3.05) is 23.3 Å². The normalized spacial score (nSPS) is 15.6. The minimum absolute atomic E-state index is 0.0236. The lowest BCUT2D eigenvalue weighted by atomic mass is 10.1. The summed E-state index contributed by atoms with van der Waals surface area (Å²) in [5.74, 6) is -3.08. The molecule has 0 spiro atoms. The Kier molecular flexibility index (Phi) is 6.18. The van der Waals surface area contributed by atoms with Crippen molar-refractivity contribution in [3.05, 3.63) is 57.6 Å². The predicted octanol–water partition coefficient (Wildman–Crippen LogP) is 3.35. The van der Waals surface area contributed by atoms with Crippen molar-refractivity contribution in [2.24, 2.45) is 7.05 Å². The third kappa shape index (κ3) is 4.74. The number of nitrogens with one attached hydrogen (secondary N) is 1. The Bertz CT molecular complexity index is 1220. The third-order valence-corrected chi connectivity index (χ3v) is 6.07. The van der Waals surface area contributed by atoms with Gasteiger partial charge in [-0.05, 0) is 46.8 Å². The fourth-order valence-corrected chi connectivity index (χ4v) is 4.14. The van der Waals surface area contributed by atoms with E-state index in [0.717, 1.165) is 30.0 Å². The van der Waals surface area contributed by atoms with Gasteiger partial charge in [0.2, 0.25) is 5.16 Å². The van der Waals surface area contributed by atoms with Gasteiger partial charge in [0.05, 0.1) is 10.5 Å². The number of carbonyl (C=O) groups is 1. The van der Waals surface area contributed by atoms with Crippen LogP contribution in [0.2, 0.25) is 0 Å². The number of benzene rings is 2. The first-order valence-electron chi connectivity index (χ1n) is 9.61. The van der Waals surface area contributed by atoms with Crippen LogP contribution in [-0.4, -0.2) is 50.3 Å². The molecule has 0 aliphatic carbocycles. The molecular weight excluding hydrogens is 463 g/mol. The number of amides is 1. The van der Waals surface area contributed by atoms with Crippen molar-refractivity contribution in [2.45, 2.75) is 22.6 Å². The standard InChI is InChI=1S/C19H16F3N7O3S/c1-27-19(24-25-26-27)33-16-3-2-11(29(31)32)6-13(16)18(30)23-17-14(21)7-12(8-15(17)22)28-5-4-10(20)9-28/h2-3,6-8,10H,4-5,9H2,1H3,(H,23,30)/t10-/m1/s1. The van der Waals surface area contributed by atoms with Gasteiger partial charge in [0.1, 0.15) is 11.9 Å². The summed E-state index contributed by atoms with van der Waals surface area (Å²) < 4.78 is 44.1. The zero-order chi connectivity index (χ0) is 23.7. The van der Waals surface area contributed by atoms with Crippen LogP contribution in [0.4, 0.5) is 30.2 Å². The summed E-state index contributed by atoms with van der Waals surface area (Å²) in [7, 11) is 1.56. The lowest BCUT2D eigenvalue weighted by Crippen LogP contribution is -2.21. The number of anilines is 2. The molecule has 10 nitrogen and oxygen atoms in total. The summed E-state index contributed by atoms with van der Waals surface area (Å²) in [5.41, 5.74) is -1.14. The summed E-state index contributed by atoms with van der Waals surface area (Å²) in [6.07, 6.45) is -0.819. The van der Waals surface area contributed by atoms with E-state index in [-0.39, 0.29) is 40.0 Å². The highest BCUT2D eigenvalue weighted by Crippen LogP contribution is 2.33. The number of aryl methyl sites for hydroxylation is 1. The number of non-ortho nitro benzene ring substituents is 1. The molecule has 1 aliphatic rings. The molecule has 4 rings (SSSR count). The molecule has 1 fully saturated rings. The Hall–Kier alpha value is -3.68. The van der Waals surface area contributed by atoms with E-state index in [1.165, 1.54) is 21.7 Å². The number of aromatic nitrogens is 4. The van der Waals surface area contributed by atoms with Gasteiger partial charge >= 0.3 is 0 Å². The van der Waals surface area contributed by atoms with Crippen LogP contribution >= 0.6 is 11.8 Å². The number of nitrogens with zero attached hydrogens (tertiary/aromatic N) is 6. The van der Waals surface area contributed by atoms with Crippen molar-refractivity contribution in [1.29, 1.82) is 0 Å². The fourth-order valence-electron chi connectivity index (χ4n) is 3.30. The van der Waals surface area contributed by atoms with Gasteiger partial charge < -0.3 is 10.2 Å². The first-order chi connectivity index (χ1) is 15.7. The molecule has 1 amide bonds. The van der Waals surface area contributed by atoms with Crippen molar-refractivity contribution in [3.63, 3.8) is 0 Å². The molecule has 14 heteroatoms. The summed E-state index contributed by atoms with van der Waals surface area (Å²) >= 11 is 0.948. The number of halogens is 3. The van der Waals surface area contributed by atoms with Crippen LogP contribution in [0.15, 0.2) is 40.4 Å². The minimum atomic E-state index is -1.08. The molecule has 2 heterocycles. The van der Waals surface area contributed by atoms with Gasteiger partial charge in [-0.15, -0.1) is 5.10 Å². The SMILES string of the molecule is Cn1nnnc1Sc1ccc([N+](=O)[O-])cc1C(=O)Nc1c(F)cc(N2CC[C@@H](F)C2)cc1F. The second-order valence-electron chi connectivity index (χ2n) is 7.20. The van der Waals surface area contributed by atoms with E-state index in [2.05, 4.69) is 20.8 Å². The van der Waals surface area contributed by atoms with E-state index in [0.29, 0.717) is 6.54 Å². The Balaban J connectivity index is 1.64. The lowest BCUT2D eigenvalue weighted by molar-refractivity contribution is -0.384. The Morgan fingerprint density at radius 2 is 2.00 bits per heavy atom. The van der Waals surface area contributed by atoms with Gasteiger partial charge in [0.15, 0.2) is 11.6 Å². The van der Waals surface area contributed by atoms with Gasteiger partial charge in [0, 0.05) is 42.9 Å². The van der Waals surface area contributed by atoms with Crippen LogP contribution < -0.4 is 10.2 Å². The number of tetrazole rings is 1. The van der Waals surface area contributed by atoms with Crippen LogP contribution in [0.25, 0.3) is 0 Å². The van der Waals surface area contributed by atoms with Gasteiger partial charge in [-0.3, -0.25) is 14.9 Å². The molecule has 0 saturated carbocycles. The van der Waals surface area contributed by atoms with Gasteiger partial charge in [-0.1, -0.05) is 0 Å². The monoisotopic (exact) mass is 479 g/mol. The Labute approximate surface area is 188 Å². The summed E-state index contributed by atoms with van der Waals surface area (Å²) in [6, 6.07) is 5.52. The van der Waals surface area contributed by atoms with E-state index >= 15 is 0 Å². The maximum Gasteiger partial charge on any atom is 0.270 e. The molecule has 172 valence electrons. The van der Waals surface area contributed by atoms with Gasteiger partial charge in [0.25, 0.3) is 11.6 Å². The maximum atomic E-state index is 14.7. The zero-order valence-electron chi connectivity index (χ0n) is 17.0. The lowest BCUT2D eigenvalue weighted by Gasteiger charge is -2.19. The molecule has 2 aromatic carbocycles. The van der Waals surface area contributed by atoms with Crippen LogP contribution in [0, 0.1) is 21.7 Å². The number of nitro benzene ring substituents is 1. The van der Waals surface area contributed by atoms with E-state index in [1.807, 2.05) is 0 Å². The smallest absolute Gasteiger partial charge is 0.270 e. The molecule has 1 aliphatic heterocycles. The average Bonchev–Trinajstić information content (AvgIpc) is 3.38. The van der Waals surface area contributed by atoms with Crippen LogP contribution in [0.1, 0.15) is 16.8 Å². The van der Waals surface area contributed by atoms with Crippen LogP contribution in [0.5, 0.6) is 0 Å². The first-order valence-corrected chi connectivity index (χ1v) is 10.4. The number of nitro groups is 1. The topological polar surface area (TPSA) is 119 Å². The average molecular weight is 479 g/mol. The van der Waals surface area contributed by atoms with Crippen molar-refractivity contribution < 1.29 is 22.9 Å². The van der Waals surface area contributed by atoms with Crippen molar-refractivity contribution in [3.8, 4) is 0 Å². The first kappa shape index (κ1) is 22.5. The molecule has 33 heavy (non-hydrogen) atoms. The molecule has 3 aromatic rings.